The fourth-order valence-electron chi connectivity index (χ4n) is 5.55. The van der Waals surface area contributed by atoms with Crippen LogP contribution in [0, 0.1) is 0 Å². The molecule has 0 aromatic carbocycles. The molecule has 42 heavy (non-hydrogen) atoms. The third kappa shape index (κ3) is 31.8. The Kier molecular flexibility index (Phi) is 33.5. The van der Waals surface area contributed by atoms with Gasteiger partial charge in [-0.2, -0.15) is 0 Å². The Hall–Kier alpha value is -1.10. The Morgan fingerprint density at radius 3 is 1.05 bits per heavy atom. The van der Waals surface area contributed by atoms with Gasteiger partial charge in [-0.1, -0.05) is 181 Å². The van der Waals surface area contributed by atoms with Crippen LogP contribution in [-0.2, 0) is 19.1 Å². The van der Waals surface area contributed by atoms with Gasteiger partial charge in [0, 0.05) is 12.8 Å². The molecular formula is C37H72O5. The SMILES string of the molecule is CCCCCCCCCCCCCCCCCCCCCC(=O)OC(CO)COC(=O)CCCCCCCCCCC. The molecule has 0 heterocycles. The second-order valence-corrected chi connectivity index (χ2v) is 12.7. The average Bonchev–Trinajstić information content (AvgIpc) is 2.99. The van der Waals surface area contributed by atoms with Crippen LogP contribution in [0.2, 0.25) is 0 Å². The minimum absolute atomic E-state index is 0.0578. The molecule has 0 aromatic rings. The van der Waals surface area contributed by atoms with Crippen LogP contribution in [0.5, 0.6) is 0 Å². The highest BCUT2D eigenvalue weighted by molar-refractivity contribution is 5.70. The van der Waals surface area contributed by atoms with Gasteiger partial charge in [0.15, 0.2) is 6.10 Å². The molecule has 0 rings (SSSR count). The van der Waals surface area contributed by atoms with Crippen molar-refractivity contribution < 1.29 is 24.2 Å². The van der Waals surface area contributed by atoms with Crippen molar-refractivity contribution in [2.24, 2.45) is 0 Å². The molecule has 250 valence electrons. The normalized spacial score (nSPS) is 12.0. The van der Waals surface area contributed by atoms with E-state index in [0.29, 0.717) is 12.8 Å². The molecule has 0 amide bonds. The van der Waals surface area contributed by atoms with Crippen LogP contribution in [0.4, 0.5) is 0 Å². The lowest BCUT2D eigenvalue weighted by Gasteiger charge is -2.15. The van der Waals surface area contributed by atoms with E-state index in [2.05, 4.69) is 13.8 Å². The summed E-state index contributed by atoms with van der Waals surface area (Å²) in [5.41, 5.74) is 0. The van der Waals surface area contributed by atoms with Gasteiger partial charge in [-0.3, -0.25) is 9.59 Å². The van der Waals surface area contributed by atoms with E-state index in [1.165, 1.54) is 141 Å². The van der Waals surface area contributed by atoms with E-state index in [4.69, 9.17) is 9.47 Å². The Morgan fingerprint density at radius 1 is 0.452 bits per heavy atom. The van der Waals surface area contributed by atoms with Gasteiger partial charge in [0.05, 0.1) is 6.61 Å². The van der Waals surface area contributed by atoms with Gasteiger partial charge in [0.1, 0.15) is 6.61 Å². The molecule has 0 aromatic heterocycles. The van der Waals surface area contributed by atoms with Gasteiger partial charge in [-0.25, -0.2) is 0 Å². The van der Waals surface area contributed by atoms with Gasteiger partial charge in [0.25, 0.3) is 0 Å². The number of unbranched alkanes of at least 4 members (excludes halogenated alkanes) is 26. The first-order valence-electron chi connectivity index (χ1n) is 18.6. The van der Waals surface area contributed by atoms with Crippen LogP contribution in [0.15, 0.2) is 0 Å². The molecule has 0 aliphatic rings. The Bertz CT molecular complexity index is 564. The van der Waals surface area contributed by atoms with Gasteiger partial charge >= 0.3 is 11.9 Å². The van der Waals surface area contributed by atoms with E-state index in [1.807, 2.05) is 0 Å². The first-order chi connectivity index (χ1) is 20.6. The smallest absolute Gasteiger partial charge is 0.306 e. The lowest BCUT2D eigenvalue weighted by Crippen LogP contribution is -2.28. The summed E-state index contributed by atoms with van der Waals surface area (Å²) in [5, 5.41) is 9.50. The number of hydrogen-bond donors (Lipinski definition) is 1. The van der Waals surface area contributed by atoms with E-state index in [1.54, 1.807) is 0 Å². The van der Waals surface area contributed by atoms with Crippen molar-refractivity contribution >= 4 is 11.9 Å². The molecule has 5 nitrogen and oxygen atoms in total. The maximum absolute atomic E-state index is 12.1. The molecule has 0 radical (unpaired) electrons. The quantitative estimate of drug-likeness (QED) is 0.0591. The molecule has 0 aliphatic heterocycles. The van der Waals surface area contributed by atoms with E-state index in [-0.39, 0.29) is 25.2 Å². The van der Waals surface area contributed by atoms with Gasteiger partial charge < -0.3 is 14.6 Å². The zero-order valence-corrected chi connectivity index (χ0v) is 28.3. The largest absolute Gasteiger partial charge is 0.462 e. The second-order valence-electron chi connectivity index (χ2n) is 12.7. The standard InChI is InChI=1S/C37H72O5/c1-3-5-7-9-11-13-14-15-16-17-18-19-20-21-22-24-26-28-30-32-37(40)42-35(33-38)34-41-36(39)31-29-27-25-23-12-10-8-6-4-2/h35,38H,3-34H2,1-2H3. The molecule has 0 spiro atoms. The predicted molar refractivity (Wildman–Crippen MR) is 178 cm³/mol. The molecule has 0 fully saturated rings. The second kappa shape index (κ2) is 34.4. The molecule has 0 aliphatic carbocycles. The van der Waals surface area contributed by atoms with E-state index in [0.717, 1.165) is 38.5 Å². The fourth-order valence-corrected chi connectivity index (χ4v) is 5.55. The summed E-state index contributed by atoms with van der Waals surface area (Å²) >= 11 is 0. The summed E-state index contributed by atoms with van der Waals surface area (Å²) in [6.45, 7) is 4.13. The third-order valence-corrected chi connectivity index (χ3v) is 8.40. The molecule has 0 saturated carbocycles. The Balaban J connectivity index is 3.47. The van der Waals surface area contributed by atoms with Crippen LogP contribution in [0.25, 0.3) is 0 Å². The topological polar surface area (TPSA) is 72.8 Å². The van der Waals surface area contributed by atoms with Crippen molar-refractivity contribution in [3.05, 3.63) is 0 Å². The van der Waals surface area contributed by atoms with Crippen molar-refractivity contribution in [3.63, 3.8) is 0 Å². The van der Waals surface area contributed by atoms with E-state index >= 15 is 0 Å². The van der Waals surface area contributed by atoms with Crippen LogP contribution < -0.4 is 0 Å². The molecule has 1 N–H and O–H groups in total. The fraction of sp³-hybridized carbons (Fsp3) is 0.946. The van der Waals surface area contributed by atoms with E-state index in [9.17, 15) is 14.7 Å². The van der Waals surface area contributed by atoms with Crippen molar-refractivity contribution in [2.75, 3.05) is 13.2 Å². The number of esters is 2. The lowest BCUT2D eigenvalue weighted by molar-refractivity contribution is -0.161. The molecule has 0 bridgehead atoms. The monoisotopic (exact) mass is 597 g/mol. The summed E-state index contributed by atoms with van der Waals surface area (Å²) in [6.07, 6.45) is 36.0. The van der Waals surface area contributed by atoms with Crippen LogP contribution in [0.1, 0.15) is 206 Å². The van der Waals surface area contributed by atoms with Crippen LogP contribution in [0.3, 0.4) is 0 Å². The number of carbonyl (C=O) groups is 2. The van der Waals surface area contributed by atoms with Crippen molar-refractivity contribution in [1.29, 1.82) is 0 Å². The zero-order chi connectivity index (χ0) is 30.8. The maximum Gasteiger partial charge on any atom is 0.306 e. The van der Waals surface area contributed by atoms with Gasteiger partial charge in [0.2, 0.25) is 0 Å². The van der Waals surface area contributed by atoms with Crippen molar-refractivity contribution in [1.82, 2.24) is 0 Å². The number of rotatable bonds is 34. The van der Waals surface area contributed by atoms with Crippen molar-refractivity contribution in [2.45, 2.75) is 213 Å². The van der Waals surface area contributed by atoms with Crippen LogP contribution >= 0.6 is 0 Å². The third-order valence-electron chi connectivity index (χ3n) is 8.40. The summed E-state index contributed by atoms with van der Waals surface area (Å²) in [5.74, 6) is -0.581. The molecule has 5 heteroatoms. The Morgan fingerprint density at radius 2 is 0.738 bits per heavy atom. The number of carbonyl (C=O) groups excluding carboxylic acids is 2. The highest BCUT2D eigenvalue weighted by Crippen LogP contribution is 2.15. The number of aliphatic hydroxyl groups is 1. The summed E-state index contributed by atoms with van der Waals surface area (Å²) in [7, 11) is 0. The molecule has 1 unspecified atom stereocenters. The Labute approximate surface area is 261 Å². The first-order valence-corrected chi connectivity index (χ1v) is 18.6. The average molecular weight is 597 g/mol. The van der Waals surface area contributed by atoms with Gasteiger partial charge in [-0.05, 0) is 12.8 Å². The van der Waals surface area contributed by atoms with Crippen LogP contribution in [-0.4, -0.2) is 36.4 Å². The first kappa shape index (κ1) is 40.9. The zero-order valence-electron chi connectivity index (χ0n) is 28.3. The molecule has 0 saturated heterocycles. The molecule has 1 atom stereocenters. The summed E-state index contributed by atoms with van der Waals surface area (Å²) < 4.78 is 10.6. The highest BCUT2D eigenvalue weighted by Gasteiger charge is 2.16. The van der Waals surface area contributed by atoms with Crippen molar-refractivity contribution in [3.8, 4) is 0 Å². The van der Waals surface area contributed by atoms with Gasteiger partial charge in [-0.15, -0.1) is 0 Å². The highest BCUT2D eigenvalue weighted by atomic mass is 16.6. The van der Waals surface area contributed by atoms with E-state index < -0.39 is 6.10 Å². The minimum atomic E-state index is -0.759. The lowest BCUT2D eigenvalue weighted by atomic mass is 10.0. The number of aliphatic hydroxyl groups excluding tert-OH is 1. The molecular weight excluding hydrogens is 524 g/mol. The minimum Gasteiger partial charge on any atom is -0.462 e. The number of hydrogen-bond acceptors (Lipinski definition) is 5. The summed E-state index contributed by atoms with van der Waals surface area (Å²) in [6, 6.07) is 0. The number of ether oxygens (including phenoxy) is 2. The summed E-state index contributed by atoms with van der Waals surface area (Å²) in [4.78, 5) is 24.1. The predicted octanol–water partition coefficient (Wildman–Crippen LogP) is 11.2. The maximum atomic E-state index is 12.1.